The summed E-state index contributed by atoms with van der Waals surface area (Å²) in [6, 6.07) is 10.8. The molecule has 3 aliphatic rings. The SMILES string of the molecule is c1ccc(CN2CCc3c(ncnc3N3CCN(CCCN4CCCCC4)CC3)C2)cc1. The van der Waals surface area contributed by atoms with Crippen LogP contribution in [0.4, 0.5) is 5.82 Å². The minimum absolute atomic E-state index is 0.927. The number of fused-ring (bicyclic) bond motifs is 1. The molecule has 2 aromatic rings. The lowest BCUT2D eigenvalue weighted by Crippen LogP contribution is -2.48. The Morgan fingerprint density at radius 2 is 1.47 bits per heavy atom. The number of aromatic nitrogens is 2. The summed E-state index contributed by atoms with van der Waals surface area (Å²) in [5.74, 6) is 1.20. The number of rotatable bonds is 7. The van der Waals surface area contributed by atoms with E-state index in [4.69, 9.17) is 4.98 Å². The Hall–Kier alpha value is -2.02. The van der Waals surface area contributed by atoms with Gasteiger partial charge in [-0.25, -0.2) is 9.97 Å². The summed E-state index contributed by atoms with van der Waals surface area (Å²) in [6.07, 6.45) is 8.36. The molecule has 0 bridgehead atoms. The van der Waals surface area contributed by atoms with Crippen molar-refractivity contribution in [2.45, 2.75) is 45.2 Å². The third-order valence-electron chi connectivity index (χ3n) is 7.38. The lowest BCUT2D eigenvalue weighted by Gasteiger charge is -2.38. The highest BCUT2D eigenvalue weighted by molar-refractivity contribution is 5.50. The lowest BCUT2D eigenvalue weighted by molar-refractivity contribution is 0.198. The second kappa shape index (κ2) is 10.7. The third-order valence-corrected chi connectivity index (χ3v) is 7.38. The summed E-state index contributed by atoms with van der Waals surface area (Å²) < 4.78 is 0. The van der Waals surface area contributed by atoms with Crippen LogP contribution in [0.2, 0.25) is 0 Å². The van der Waals surface area contributed by atoms with E-state index in [1.54, 1.807) is 6.33 Å². The quantitative estimate of drug-likeness (QED) is 0.667. The standard InChI is InChI=1S/C26H38N6/c1-3-8-23(9-4-1)20-31-15-10-24-25(21-31)27-22-28-26(24)32-18-16-30(17-19-32)14-7-13-29-11-5-2-6-12-29/h1,3-4,8-9,22H,2,5-7,10-21H2. The van der Waals surface area contributed by atoms with Gasteiger partial charge < -0.3 is 9.80 Å². The Bertz CT molecular complexity index is 843. The van der Waals surface area contributed by atoms with Crippen molar-refractivity contribution in [2.75, 3.05) is 63.8 Å². The summed E-state index contributed by atoms with van der Waals surface area (Å²) in [4.78, 5) is 19.7. The zero-order valence-electron chi connectivity index (χ0n) is 19.5. The molecular formula is C26H38N6. The first kappa shape index (κ1) is 21.8. The zero-order chi connectivity index (χ0) is 21.6. The van der Waals surface area contributed by atoms with Gasteiger partial charge in [-0.1, -0.05) is 36.8 Å². The molecule has 0 N–H and O–H groups in total. The molecule has 0 saturated carbocycles. The lowest BCUT2D eigenvalue weighted by atomic mass is 10.0. The van der Waals surface area contributed by atoms with Gasteiger partial charge in [0.05, 0.1) is 5.69 Å². The molecule has 0 atom stereocenters. The molecule has 5 rings (SSSR count). The molecule has 0 aliphatic carbocycles. The maximum atomic E-state index is 4.74. The van der Waals surface area contributed by atoms with Crippen LogP contribution in [0.15, 0.2) is 36.7 Å². The Labute approximate surface area is 193 Å². The predicted molar refractivity (Wildman–Crippen MR) is 130 cm³/mol. The van der Waals surface area contributed by atoms with Crippen LogP contribution in [0.1, 0.15) is 42.5 Å². The van der Waals surface area contributed by atoms with Crippen molar-refractivity contribution in [1.29, 1.82) is 0 Å². The molecule has 172 valence electrons. The molecule has 1 aromatic carbocycles. The number of hydrogen-bond donors (Lipinski definition) is 0. The van der Waals surface area contributed by atoms with Crippen LogP contribution in [0, 0.1) is 0 Å². The molecule has 2 saturated heterocycles. The summed E-state index contributed by atoms with van der Waals surface area (Å²) in [5.41, 5.74) is 3.98. The van der Waals surface area contributed by atoms with Crippen LogP contribution < -0.4 is 4.90 Å². The molecule has 0 radical (unpaired) electrons. The summed E-state index contributed by atoms with van der Waals surface area (Å²) >= 11 is 0. The normalized spacial score (nSPS) is 20.9. The van der Waals surface area contributed by atoms with E-state index in [2.05, 4.69) is 54.9 Å². The smallest absolute Gasteiger partial charge is 0.135 e. The average molecular weight is 435 g/mol. The van der Waals surface area contributed by atoms with Gasteiger partial charge in [0.25, 0.3) is 0 Å². The van der Waals surface area contributed by atoms with E-state index in [0.29, 0.717) is 0 Å². The number of piperazine rings is 1. The maximum absolute atomic E-state index is 4.74. The van der Waals surface area contributed by atoms with Gasteiger partial charge in [-0.05, 0) is 57.4 Å². The molecule has 2 fully saturated rings. The fraction of sp³-hybridized carbons (Fsp3) is 0.615. The maximum Gasteiger partial charge on any atom is 0.135 e. The van der Waals surface area contributed by atoms with Crippen molar-refractivity contribution in [3.8, 4) is 0 Å². The van der Waals surface area contributed by atoms with Crippen molar-refractivity contribution < 1.29 is 0 Å². The van der Waals surface area contributed by atoms with Gasteiger partial charge in [-0.2, -0.15) is 0 Å². The fourth-order valence-corrected chi connectivity index (χ4v) is 5.52. The Balaban J connectivity index is 1.12. The number of benzene rings is 1. The molecule has 0 unspecified atom stereocenters. The van der Waals surface area contributed by atoms with E-state index >= 15 is 0 Å². The molecule has 32 heavy (non-hydrogen) atoms. The van der Waals surface area contributed by atoms with Gasteiger partial charge in [0, 0.05) is 51.4 Å². The van der Waals surface area contributed by atoms with Gasteiger partial charge in [0.2, 0.25) is 0 Å². The number of likely N-dealkylation sites (tertiary alicyclic amines) is 1. The van der Waals surface area contributed by atoms with Crippen LogP contribution in [0.25, 0.3) is 0 Å². The first-order valence-corrected chi connectivity index (χ1v) is 12.6. The molecule has 3 aliphatic heterocycles. The van der Waals surface area contributed by atoms with Crippen LogP contribution in [0.3, 0.4) is 0 Å². The van der Waals surface area contributed by atoms with Crippen molar-refractivity contribution in [3.05, 3.63) is 53.5 Å². The van der Waals surface area contributed by atoms with Crippen LogP contribution >= 0.6 is 0 Å². The Morgan fingerprint density at radius 3 is 2.25 bits per heavy atom. The van der Waals surface area contributed by atoms with E-state index in [1.165, 1.54) is 74.5 Å². The third kappa shape index (κ3) is 5.48. The fourth-order valence-electron chi connectivity index (χ4n) is 5.52. The highest BCUT2D eigenvalue weighted by Crippen LogP contribution is 2.27. The molecule has 4 heterocycles. The van der Waals surface area contributed by atoms with Crippen molar-refractivity contribution in [2.24, 2.45) is 0 Å². The summed E-state index contributed by atoms with van der Waals surface area (Å²) in [5, 5.41) is 0. The first-order chi connectivity index (χ1) is 15.8. The van der Waals surface area contributed by atoms with E-state index in [-0.39, 0.29) is 0 Å². The van der Waals surface area contributed by atoms with Gasteiger partial charge in [-0.15, -0.1) is 0 Å². The topological polar surface area (TPSA) is 38.7 Å². The highest BCUT2D eigenvalue weighted by Gasteiger charge is 2.25. The zero-order valence-corrected chi connectivity index (χ0v) is 19.5. The summed E-state index contributed by atoms with van der Waals surface area (Å²) in [7, 11) is 0. The van der Waals surface area contributed by atoms with Crippen LogP contribution in [-0.2, 0) is 19.5 Å². The molecule has 0 amide bonds. The molecular weight excluding hydrogens is 396 g/mol. The molecule has 6 nitrogen and oxygen atoms in total. The molecule has 1 aromatic heterocycles. The second-order valence-electron chi connectivity index (χ2n) is 9.65. The Morgan fingerprint density at radius 1 is 0.719 bits per heavy atom. The molecule has 0 spiro atoms. The van der Waals surface area contributed by atoms with Crippen molar-refractivity contribution >= 4 is 5.82 Å². The van der Waals surface area contributed by atoms with E-state index in [9.17, 15) is 0 Å². The largest absolute Gasteiger partial charge is 0.354 e. The first-order valence-electron chi connectivity index (χ1n) is 12.6. The number of nitrogens with zero attached hydrogens (tertiary/aromatic N) is 6. The summed E-state index contributed by atoms with van der Waals surface area (Å²) in [6.45, 7) is 12.6. The monoisotopic (exact) mass is 434 g/mol. The van der Waals surface area contributed by atoms with Gasteiger partial charge in [-0.3, -0.25) is 9.80 Å². The van der Waals surface area contributed by atoms with Gasteiger partial charge >= 0.3 is 0 Å². The van der Waals surface area contributed by atoms with Crippen LogP contribution in [-0.4, -0.2) is 83.6 Å². The predicted octanol–water partition coefficient (Wildman–Crippen LogP) is 3.03. The van der Waals surface area contributed by atoms with Gasteiger partial charge in [0.1, 0.15) is 12.1 Å². The minimum atomic E-state index is 0.927. The molecule has 6 heteroatoms. The second-order valence-corrected chi connectivity index (χ2v) is 9.65. The van der Waals surface area contributed by atoms with Gasteiger partial charge in [0.15, 0.2) is 0 Å². The number of hydrogen-bond acceptors (Lipinski definition) is 6. The van der Waals surface area contributed by atoms with E-state index in [0.717, 1.165) is 52.2 Å². The van der Waals surface area contributed by atoms with E-state index < -0.39 is 0 Å². The average Bonchev–Trinajstić information content (AvgIpc) is 2.85. The van der Waals surface area contributed by atoms with Crippen molar-refractivity contribution in [1.82, 2.24) is 24.7 Å². The highest BCUT2D eigenvalue weighted by atomic mass is 15.3. The Kier molecular flexibility index (Phi) is 7.31. The van der Waals surface area contributed by atoms with Crippen LogP contribution in [0.5, 0.6) is 0 Å². The van der Waals surface area contributed by atoms with E-state index in [1.807, 2.05) is 0 Å². The van der Waals surface area contributed by atoms with Crippen molar-refractivity contribution in [3.63, 3.8) is 0 Å². The number of piperidine rings is 1. The number of anilines is 1. The minimum Gasteiger partial charge on any atom is -0.354 e.